The number of carbonyl (C=O) groups is 2. The fourth-order valence-corrected chi connectivity index (χ4v) is 5.14. The van der Waals surface area contributed by atoms with Crippen molar-refractivity contribution in [2.45, 2.75) is 52.3 Å². The molecule has 11 nitrogen and oxygen atoms in total. The normalized spacial score (nSPS) is 15.9. The molecule has 1 atom stereocenters. The van der Waals surface area contributed by atoms with Crippen LogP contribution in [0.25, 0.3) is 0 Å². The Balaban J connectivity index is 2.96. The maximum absolute atomic E-state index is 13.1. The number of benzene rings is 1. The number of non-ortho nitro benzene ring substituents is 1. The first-order chi connectivity index (χ1) is 15.9. The van der Waals surface area contributed by atoms with Crippen LogP contribution in [0.4, 0.5) is 5.69 Å². The van der Waals surface area contributed by atoms with Crippen LogP contribution in [0.3, 0.4) is 0 Å². The highest BCUT2D eigenvalue weighted by atomic mass is 32.2. The topological polar surface area (TPSA) is 153 Å². The van der Waals surface area contributed by atoms with Gasteiger partial charge < -0.3 is 14.4 Å². The quantitative estimate of drug-likeness (QED) is 0.233. The van der Waals surface area contributed by atoms with Gasteiger partial charge in [0.25, 0.3) is 15.8 Å². The zero-order chi connectivity index (χ0) is 25.8. The molecule has 0 fully saturated rings. The van der Waals surface area contributed by atoms with E-state index in [1.54, 1.807) is 13.8 Å². The Morgan fingerprint density at radius 1 is 1.09 bits per heavy atom. The number of carbonyl (C=O) groups excluding carboxylic acids is 2. The van der Waals surface area contributed by atoms with Gasteiger partial charge in [-0.3, -0.25) is 14.7 Å². The summed E-state index contributed by atoms with van der Waals surface area (Å²) in [5, 5.41) is 9.89. The minimum Gasteiger partial charge on any atom is -0.463 e. The lowest BCUT2D eigenvalue weighted by atomic mass is 9.79. The summed E-state index contributed by atoms with van der Waals surface area (Å²) in [4.78, 5) is 38.2. The molecule has 0 aromatic heterocycles. The van der Waals surface area contributed by atoms with Crippen molar-refractivity contribution in [3.05, 3.63) is 62.5 Å². The van der Waals surface area contributed by atoms with Gasteiger partial charge in [-0.2, -0.15) is 8.42 Å². The molecule has 0 spiro atoms. The largest absolute Gasteiger partial charge is 0.463 e. The summed E-state index contributed by atoms with van der Waals surface area (Å²) in [6.07, 6.45) is -0.0683. The molecule has 1 aromatic carbocycles. The molecule has 0 saturated heterocycles. The van der Waals surface area contributed by atoms with Crippen molar-refractivity contribution in [3.63, 3.8) is 0 Å². The second-order valence-electron chi connectivity index (χ2n) is 7.47. The van der Waals surface area contributed by atoms with Crippen LogP contribution in [0.1, 0.15) is 52.5 Å². The van der Waals surface area contributed by atoms with Gasteiger partial charge in [0.1, 0.15) is 0 Å². The molecule has 0 aliphatic carbocycles. The third-order valence-corrected chi connectivity index (χ3v) is 6.70. The first kappa shape index (κ1) is 27.0. The first-order valence-corrected chi connectivity index (χ1v) is 12.2. The Hall–Kier alpha value is -3.25. The molecule has 0 amide bonds. The van der Waals surface area contributed by atoms with E-state index in [0.717, 1.165) is 0 Å². The van der Waals surface area contributed by atoms with Crippen LogP contribution in [0.15, 0.2) is 46.8 Å². The highest BCUT2D eigenvalue weighted by Crippen LogP contribution is 2.45. The molecule has 1 aromatic rings. The lowest BCUT2D eigenvalue weighted by molar-refractivity contribution is -0.384. The van der Waals surface area contributed by atoms with Crippen LogP contribution in [0.5, 0.6) is 0 Å². The van der Waals surface area contributed by atoms with Crippen LogP contribution in [0.2, 0.25) is 0 Å². The smallest absolute Gasteiger partial charge is 0.336 e. The molecule has 186 valence electrons. The highest BCUT2D eigenvalue weighted by molar-refractivity contribution is 7.86. The molecule has 0 saturated carbocycles. The fourth-order valence-electron chi connectivity index (χ4n) is 4.13. The van der Waals surface area contributed by atoms with E-state index in [9.17, 15) is 32.7 Å². The summed E-state index contributed by atoms with van der Waals surface area (Å²) in [5.74, 6) is -2.80. The number of nitro groups is 1. The van der Waals surface area contributed by atoms with E-state index in [1.165, 1.54) is 49.9 Å². The van der Waals surface area contributed by atoms with E-state index < -0.39 is 38.3 Å². The van der Waals surface area contributed by atoms with Gasteiger partial charge in [-0.1, -0.05) is 19.1 Å². The lowest BCUT2D eigenvalue weighted by Gasteiger charge is -2.40. The Morgan fingerprint density at radius 3 is 1.97 bits per heavy atom. The van der Waals surface area contributed by atoms with Gasteiger partial charge in [-0.15, -0.1) is 0 Å². The number of hydrogen-bond acceptors (Lipinski definition) is 9. The summed E-state index contributed by atoms with van der Waals surface area (Å²) >= 11 is 0. The van der Waals surface area contributed by atoms with Crippen molar-refractivity contribution in [1.29, 1.82) is 0 Å². The Labute approximate surface area is 197 Å². The van der Waals surface area contributed by atoms with Gasteiger partial charge in [0.15, 0.2) is 5.37 Å². The van der Waals surface area contributed by atoms with Crippen molar-refractivity contribution in [2.24, 2.45) is 0 Å². The fraction of sp³-hybridized carbons (Fsp3) is 0.455. The van der Waals surface area contributed by atoms with Crippen molar-refractivity contribution >= 4 is 27.7 Å². The lowest BCUT2D eigenvalue weighted by Crippen LogP contribution is -2.44. The molecule has 12 heteroatoms. The number of nitro benzene ring substituents is 1. The number of hydrogen-bond donors (Lipinski definition) is 1. The van der Waals surface area contributed by atoms with Crippen LogP contribution in [-0.2, 0) is 29.2 Å². The molecule has 1 aliphatic rings. The number of rotatable bonds is 9. The Morgan fingerprint density at radius 2 is 1.59 bits per heavy atom. The summed E-state index contributed by atoms with van der Waals surface area (Å²) in [5.41, 5.74) is 0.0794. The molecule has 34 heavy (non-hydrogen) atoms. The second kappa shape index (κ2) is 10.8. The van der Waals surface area contributed by atoms with Gasteiger partial charge in [0.2, 0.25) is 0 Å². The van der Waals surface area contributed by atoms with Gasteiger partial charge >= 0.3 is 11.9 Å². The van der Waals surface area contributed by atoms with Crippen molar-refractivity contribution in [3.8, 4) is 0 Å². The molecule has 2 rings (SSSR count). The maximum Gasteiger partial charge on any atom is 0.336 e. The van der Waals surface area contributed by atoms with E-state index in [0.29, 0.717) is 0 Å². The average Bonchev–Trinajstić information content (AvgIpc) is 2.75. The predicted octanol–water partition coefficient (Wildman–Crippen LogP) is 3.29. The molecule has 0 radical (unpaired) electrons. The molecular formula is C22H28N2O9S. The summed E-state index contributed by atoms with van der Waals surface area (Å²) in [6.45, 7) is 7.61. The van der Waals surface area contributed by atoms with Crippen LogP contribution < -0.4 is 0 Å². The number of ether oxygens (including phenoxy) is 2. The second-order valence-corrected chi connectivity index (χ2v) is 9.05. The highest BCUT2D eigenvalue weighted by Gasteiger charge is 2.44. The third-order valence-electron chi connectivity index (χ3n) is 5.47. The standard InChI is InChI=1S/C22H28N2O9S/c1-6-17(34(29,30)31)23-13(4)18(21(25)32-7-2)20(19(14(23)5)22(26)33-8-3)15-10-9-11-16(12-15)24(27)28/h9-12,17,20H,6-8H2,1-5H3,(H,29,30,31). The molecule has 1 aliphatic heterocycles. The van der Waals surface area contributed by atoms with Crippen molar-refractivity contribution in [1.82, 2.24) is 4.90 Å². The third kappa shape index (κ3) is 5.28. The predicted molar refractivity (Wildman–Crippen MR) is 122 cm³/mol. The molecule has 1 N–H and O–H groups in total. The SMILES string of the molecule is CCOC(=O)C1=C(C)N(C(CC)S(=O)(=O)O)C(C)=C(C(=O)OCC)C1c1cccc([N+](=O)[O-])c1. The van der Waals surface area contributed by atoms with Gasteiger partial charge in [0.05, 0.1) is 35.2 Å². The first-order valence-electron chi connectivity index (χ1n) is 10.7. The monoisotopic (exact) mass is 496 g/mol. The molecule has 1 heterocycles. The zero-order valence-corrected chi connectivity index (χ0v) is 20.4. The zero-order valence-electron chi connectivity index (χ0n) is 19.6. The minimum atomic E-state index is -4.64. The van der Waals surface area contributed by atoms with E-state index in [1.807, 2.05) is 0 Å². The Bertz CT molecular complexity index is 1110. The number of nitrogens with zero attached hydrogens (tertiary/aromatic N) is 2. The molecule has 0 bridgehead atoms. The van der Waals surface area contributed by atoms with Crippen LogP contribution >= 0.6 is 0 Å². The van der Waals surface area contributed by atoms with E-state index >= 15 is 0 Å². The van der Waals surface area contributed by atoms with Crippen LogP contribution in [-0.4, -0.2) is 53.3 Å². The summed E-state index contributed by atoms with van der Waals surface area (Å²) in [6, 6.07) is 5.44. The van der Waals surface area contributed by atoms with Gasteiger partial charge in [-0.25, -0.2) is 9.59 Å². The maximum atomic E-state index is 13.1. The van der Waals surface area contributed by atoms with Crippen molar-refractivity contribution < 1.29 is 37.0 Å². The minimum absolute atomic E-state index is 0.00971. The summed E-state index contributed by atoms with van der Waals surface area (Å²) < 4.78 is 44.7. The summed E-state index contributed by atoms with van der Waals surface area (Å²) in [7, 11) is -4.64. The molecular weight excluding hydrogens is 468 g/mol. The van der Waals surface area contributed by atoms with E-state index in [4.69, 9.17) is 9.47 Å². The van der Waals surface area contributed by atoms with Crippen LogP contribution in [0, 0.1) is 10.1 Å². The number of allylic oxidation sites excluding steroid dienone is 2. The average molecular weight is 497 g/mol. The Kier molecular flexibility index (Phi) is 8.56. The number of esters is 2. The van der Waals surface area contributed by atoms with E-state index in [-0.39, 0.29) is 53.4 Å². The van der Waals surface area contributed by atoms with Gasteiger partial charge in [0, 0.05) is 23.5 Å². The van der Waals surface area contributed by atoms with E-state index in [2.05, 4.69) is 0 Å². The molecule has 1 unspecified atom stereocenters. The van der Waals surface area contributed by atoms with Crippen molar-refractivity contribution in [2.75, 3.05) is 13.2 Å². The van der Waals surface area contributed by atoms with Gasteiger partial charge in [-0.05, 0) is 39.7 Å².